The summed E-state index contributed by atoms with van der Waals surface area (Å²) >= 11 is 0. The summed E-state index contributed by atoms with van der Waals surface area (Å²) in [7, 11) is 0. The molecule has 0 radical (unpaired) electrons. The van der Waals surface area contributed by atoms with Crippen LogP contribution in [0.25, 0.3) is 0 Å². The van der Waals surface area contributed by atoms with Crippen LogP contribution in [0.3, 0.4) is 0 Å². The zero-order valence-electron chi connectivity index (χ0n) is 14.9. The van der Waals surface area contributed by atoms with Gasteiger partial charge in [0.05, 0.1) is 0 Å². The molecule has 22 heavy (non-hydrogen) atoms. The molecule has 0 amide bonds. The van der Waals surface area contributed by atoms with E-state index in [9.17, 15) is 0 Å². The van der Waals surface area contributed by atoms with Gasteiger partial charge in [0, 0.05) is 35.9 Å². The number of nitrogens with zero attached hydrogens (tertiary/aromatic N) is 2. The molecule has 2 heterocycles. The van der Waals surface area contributed by atoms with Crippen molar-refractivity contribution in [3.8, 4) is 0 Å². The molecule has 0 atom stereocenters. The van der Waals surface area contributed by atoms with Gasteiger partial charge >= 0.3 is 0 Å². The molecule has 0 aromatic heterocycles. The van der Waals surface area contributed by atoms with Crippen LogP contribution in [0, 0.1) is 0 Å². The van der Waals surface area contributed by atoms with E-state index in [0.717, 1.165) is 11.4 Å². The van der Waals surface area contributed by atoms with Crippen LogP contribution in [-0.2, 0) is 0 Å². The number of rotatable bonds is 2. The van der Waals surface area contributed by atoms with Crippen molar-refractivity contribution < 1.29 is 0 Å². The fraction of sp³-hybridized carbons (Fsp3) is 0.400. The summed E-state index contributed by atoms with van der Waals surface area (Å²) in [6.07, 6.45) is 12.6. The molecular weight excluding hydrogens is 268 g/mol. The minimum Gasteiger partial charge on any atom is -0.346 e. The van der Waals surface area contributed by atoms with E-state index in [-0.39, 0.29) is 0 Å². The van der Waals surface area contributed by atoms with Crippen LogP contribution in [0.15, 0.2) is 72.4 Å². The normalized spacial score (nSPS) is 17.6. The average molecular weight is 298 g/mol. The minimum atomic E-state index is 0.502. The third-order valence-electron chi connectivity index (χ3n) is 3.55. The molecule has 0 spiro atoms. The van der Waals surface area contributed by atoms with E-state index >= 15 is 0 Å². The van der Waals surface area contributed by atoms with Crippen LogP contribution in [0.2, 0.25) is 0 Å². The molecule has 0 unspecified atom stereocenters. The number of allylic oxidation sites excluding steroid dienone is 6. The Morgan fingerprint density at radius 1 is 0.773 bits per heavy atom. The monoisotopic (exact) mass is 298 g/mol. The molecular formula is C20H30N2. The Kier molecular flexibility index (Phi) is 6.48. The average Bonchev–Trinajstić information content (AvgIpc) is 2.41. The molecule has 0 saturated heterocycles. The molecule has 0 saturated carbocycles. The lowest BCUT2D eigenvalue weighted by Gasteiger charge is -2.28. The lowest BCUT2D eigenvalue weighted by atomic mass is 10.1. The lowest BCUT2D eigenvalue weighted by molar-refractivity contribution is 0.391. The molecule has 2 heteroatoms. The Bertz CT molecular complexity index is 542. The van der Waals surface area contributed by atoms with E-state index in [2.05, 4.69) is 101 Å². The van der Waals surface area contributed by atoms with E-state index in [0.29, 0.717) is 12.1 Å². The fourth-order valence-electron chi connectivity index (χ4n) is 2.32. The van der Waals surface area contributed by atoms with Gasteiger partial charge in [-0.3, -0.25) is 0 Å². The van der Waals surface area contributed by atoms with Gasteiger partial charge in [-0.05, 0) is 70.9 Å². The number of hydrogen-bond acceptors (Lipinski definition) is 2. The third-order valence-corrected chi connectivity index (χ3v) is 3.55. The molecule has 0 aromatic carbocycles. The molecule has 120 valence electrons. The predicted octanol–water partition coefficient (Wildman–Crippen LogP) is 5.37. The van der Waals surface area contributed by atoms with Crippen molar-refractivity contribution in [3.63, 3.8) is 0 Å². The van der Waals surface area contributed by atoms with Gasteiger partial charge in [-0.1, -0.05) is 19.2 Å². The van der Waals surface area contributed by atoms with Crippen LogP contribution in [0.4, 0.5) is 0 Å². The smallest absolute Gasteiger partial charge is 0.0338 e. The van der Waals surface area contributed by atoms with Crippen molar-refractivity contribution in [3.05, 3.63) is 72.4 Å². The van der Waals surface area contributed by atoms with Gasteiger partial charge in [-0.25, -0.2) is 0 Å². The van der Waals surface area contributed by atoms with Gasteiger partial charge in [0.1, 0.15) is 0 Å². The maximum absolute atomic E-state index is 3.97. The van der Waals surface area contributed by atoms with Gasteiger partial charge in [0.2, 0.25) is 0 Å². The van der Waals surface area contributed by atoms with Gasteiger partial charge < -0.3 is 9.80 Å². The first-order valence-electron chi connectivity index (χ1n) is 7.90. The maximum Gasteiger partial charge on any atom is 0.0338 e. The van der Waals surface area contributed by atoms with Crippen molar-refractivity contribution in [1.29, 1.82) is 0 Å². The summed E-state index contributed by atoms with van der Waals surface area (Å²) in [4.78, 5) is 4.34. The molecule has 2 nitrogen and oxygen atoms in total. The van der Waals surface area contributed by atoms with Crippen LogP contribution in [-0.4, -0.2) is 21.9 Å². The zero-order valence-corrected chi connectivity index (χ0v) is 14.9. The van der Waals surface area contributed by atoms with Crippen molar-refractivity contribution in [2.75, 3.05) is 0 Å². The Hall–Kier alpha value is -1.96. The molecule has 2 aliphatic heterocycles. The van der Waals surface area contributed by atoms with Crippen LogP contribution >= 0.6 is 0 Å². The summed E-state index contributed by atoms with van der Waals surface area (Å²) in [5, 5.41) is 0. The van der Waals surface area contributed by atoms with E-state index in [1.807, 2.05) is 0 Å². The summed E-state index contributed by atoms with van der Waals surface area (Å²) in [6, 6.07) is 1.01. The van der Waals surface area contributed by atoms with E-state index in [4.69, 9.17) is 0 Å². The summed E-state index contributed by atoms with van der Waals surface area (Å²) in [6.45, 7) is 20.7. The predicted molar refractivity (Wildman–Crippen MR) is 98.0 cm³/mol. The van der Waals surface area contributed by atoms with Crippen LogP contribution in [0.5, 0.6) is 0 Å². The van der Waals surface area contributed by atoms with Crippen molar-refractivity contribution in [1.82, 2.24) is 9.80 Å². The Balaban J connectivity index is 0.000000220. The second-order valence-electron chi connectivity index (χ2n) is 6.40. The molecule has 0 aromatic rings. The first-order valence-corrected chi connectivity index (χ1v) is 7.90. The topological polar surface area (TPSA) is 6.48 Å². The first kappa shape index (κ1) is 18.1. The molecule has 2 rings (SSSR count). The van der Waals surface area contributed by atoms with E-state index < -0.39 is 0 Å². The van der Waals surface area contributed by atoms with Gasteiger partial charge in [0.15, 0.2) is 0 Å². The minimum absolute atomic E-state index is 0.502. The van der Waals surface area contributed by atoms with Crippen LogP contribution in [0.1, 0.15) is 41.5 Å². The Morgan fingerprint density at radius 3 is 1.82 bits per heavy atom. The second-order valence-corrected chi connectivity index (χ2v) is 6.40. The van der Waals surface area contributed by atoms with Crippen LogP contribution < -0.4 is 0 Å². The van der Waals surface area contributed by atoms with Crippen molar-refractivity contribution >= 4 is 0 Å². The highest BCUT2D eigenvalue weighted by Gasteiger charge is 2.10. The zero-order chi connectivity index (χ0) is 16.9. The highest BCUT2D eigenvalue weighted by molar-refractivity contribution is 5.32. The fourth-order valence-corrected chi connectivity index (χ4v) is 2.32. The highest BCUT2D eigenvalue weighted by atomic mass is 15.1. The maximum atomic E-state index is 3.97. The van der Waals surface area contributed by atoms with Gasteiger partial charge in [-0.15, -0.1) is 0 Å². The van der Waals surface area contributed by atoms with Crippen molar-refractivity contribution in [2.24, 2.45) is 0 Å². The summed E-state index contributed by atoms with van der Waals surface area (Å²) < 4.78 is 0. The highest BCUT2D eigenvalue weighted by Crippen LogP contribution is 2.18. The molecule has 0 bridgehead atoms. The summed E-state index contributed by atoms with van der Waals surface area (Å²) in [5.41, 5.74) is 4.71. The lowest BCUT2D eigenvalue weighted by Crippen LogP contribution is -2.25. The molecule has 0 N–H and O–H groups in total. The van der Waals surface area contributed by atoms with E-state index in [1.165, 1.54) is 11.1 Å². The van der Waals surface area contributed by atoms with E-state index in [1.54, 1.807) is 0 Å². The standard InChI is InChI=1S/2C10H15N/c1-8(2)11-6-5-9(3)7-10(11)4;1-8(2)11-7-9(3)5-6-10(11)4/h2*5-8H,4H2,1-3H3. The quantitative estimate of drug-likeness (QED) is 0.676. The van der Waals surface area contributed by atoms with Crippen molar-refractivity contribution in [2.45, 2.75) is 53.6 Å². The Labute approximate surface area is 136 Å². The second kappa shape index (κ2) is 7.88. The summed E-state index contributed by atoms with van der Waals surface area (Å²) in [5.74, 6) is 0. The SMILES string of the molecule is C=C1C=C(C)C=CN1C(C)C.C=C1C=CC(C)=CN1C(C)C. The Morgan fingerprint density at radius 2 is 1.36 bits per heavy atom. The number of hydrogen-bond donors (Lipinski definition) is 0. The van der Waals surface area contributed by atoms with Gasteiger partial charge in [-0.2, -0.15) is 0 Å². The van der Waals surface area contributed by atoms with Gasteiger partial charge in [0.25, 0.3) is 0 Å². The third kappa shape index (κ3) is 5.10. The largest absolute Gasteiger partial charge is 0.346 e. The molecule has 0 aliphatic carbocycles. The first-order chi connectivity index (χ1) is 10.2. The molecule has 0 fully saturated rings. The molecule has 2 aliphatic rings.